The Labute approximate surface area is 163 Å². The van der Waals surface area contributed by atoms with Gasteiger partial charge in [0.1, 0.15) is 16.4 Å². The topological polar surface area (TPSA) is 64.6 Å². The molecule has 0 amide bonds. The quantitative estimate of drug-likeness (QED) is 0.644. The van der Waals surface area contributed by atoms with E-state index in [1.807, 2.05) is 48.7 Å². The van der Waals surface area contributed by atoms with E-state index in [2.05, 4.69) is 4.72 Å². The zero-order chi connectivity index (χ0) is 19.4. The van der Waals surface area contributed by atoms with Crippen LogP contribution in [-0.4, -0.2) is 22.6 Å². The van der Waals surface area contributed by atoms with Gasteiger partial charge in [0.25, 0.3) is 0 Å². The normalized spacial score (nSPS) is 12.6. The molecule has 142 valence electrons. The Morgan fingerprint density at radius 1 is 1.00 bits per heavy atom. The van der Waals surface area contributed by atoms with Crippen molar-refractivity contribution in [2.24, 2.45) is 0 Å². The molecule has 7 heteroatoms. The molecule has 2 aromatic carbocycles. The number of methoxy groups -OCH3 is 2. The van der Waals surface area contributed by atoms with Crippen molar-refractivity contribution in [2.75, 3.05) is 14.2 Å². The van der Waals surface area contributed by atoms with Gasteiger partial charge in [-0.2, -0.15) is 4.72 Å². The highest BCUT2D eigenvalue weighted by atomic mass is 32.2. The molecule has 0 aliphatic rings. The number of aryl methyl sites for hydroxylation is 1. The van der Waals surface area contributed by atoms with E-state index in [1.165, 1.54) is 31.6 Å². The van der Waals surface area contributed by atoms with E-state index in [9.17, 15) is 8.42 Å². The van der Waals surface area contributed by atoms with Crippen LogP contribution in [0.5, 0.6) is 11.5 Å². The summed E-state index contributed by atoms with van der Waals surface area (Å²) in [6.45, 7) is 2.00. The summed E-state index contributed by atoms with van der Waals surface area (Å²) in [6, 6.07) is 15.8. The van der Waals surface area contributed by atoms with Crippen LogP contribution in [0.1, 0.15) is 22.0 Å². The number of benzene rings is 2. The van der Waals surface area contributed by atoms with Crippen molar-refractivity contribution in [3.05, 3.63) is 76.0 Å². The minimum absolute atomic E-state index is 0.0398. The first kappa shape index (κ1) is 19.4. The van der Waals surface area contributed by atoms with Crippen molar-refractivity contribution in [3.8, 4) is 11.5 Å². The van der Waals surface area contributed by atoms with Gasteiger partial charge in [0.05, 0.1) is 20.3 Å². The molecule has 5 nitrogen and oxygen atoms in total. The van der Waals surface area contributed by atoms with Crippen molar-refractivity contribution < 1.29 is 17.9 Å². The summed E-state index contributed by atoms with van der Waals surface area (Å²) in [5.74, 6) is 0.705. The summed E-state index contributed by atoms with van der Waals surface area (Å²) in [7, 11) is -0.933. The van der Waals surface area contributed by atoms with Crippen molar-refractivity contribution in [3.63, 3.8) is 0 Å². The van der Waals surface area contributed by atoms with Gasteiger partial charge in [-0.15, -0.1) is 11.3 Å². The largest absolute Gasteiger partial charge is 0.497 e. The molecular weight excluding hydrogens is 382 g/mol. The minimum atomic E-state index is -3.87. The highest BCUT2D eigenvalue weighted by Crippen LogP contribution is 2.32. The van der Waals surface area contributed by atoms with Crippen LogP contribution < -0.4 is 14.2 Å². The second kappa shape index (κ2) is 8.12. The second-order valence-electron chi connectivity index (χ2n) is 6.00. The van der Waals surface area contributed by atoms with Gasteiger partial charge >= 0.3 is 0 Å². The maximum absolute atomic E-state index is 13.2. The SMILES string of the molecule is COc1ccc(OC)c(S(=O)(=O)N[C@@H](c2ccc(C)cc2)c2cccs2)c1. The maximum atomic E-state index is 13.2. The number of sulfonamides is 1. The lowest BCUT2D eigenvalue weighted by Crippen LogP contribution is -2.29. The smallest absolute Gasteiger partial charge is 0.245 e. The summed E-state index contributed by atoms with van der Waals surface area (Å²) >= 11 is 1.50. The van der Waals surface area contributed by atoms with Crippen molar-refractivity contribution in [1.82, 2.24) is 4.72 Å². The van der Waals surface area contributed by atoms with Gasteiger partial charge in [-0.05, 0) is 36.1 Å². The Morgan fingerprint density at radius 2 is 1.74 bits per heavy atom. The van der Waals surface area contributed by atoms with Crippen LogP contribution in [0.2, 0.25) is 0 Å². The van der Waals surface area contributed by atoms with E-state index in [0.29, 0.717) is 5.75 Å². The van der Waals surface area contributed by atoms with Crippen molar-refractivity contribution >= 4 is 21.4 Å². The first-order valence-electron chi connectivity index (χ1n) is 8.29. The number of thiophene rings is 1. The fraction of sp³-hybridized carbons (Fsp3) is 0.200. The summed E-state index contributed by atoms with van der Waals surface area (Å²) < 4.78 is 39.6. The molecule has 0 radical (unpaired) electrons. The minimum Gasteiger partial charge on any atom is -0.497 e. The number of rotatable bonds is 7. The monoisotopic (exact) mass is 403 g/mol. The molecule has 3 rings (SSSR count). The van der Waals surface area contributed by atoms with Crippen LogP contribution in [0.25, 0.3) is 0 Å². The van der Waals surface area contributed by atoms with Gasteiger partial charge in [-0.3, -0.25) is 0 Å². The maximum Gasteiger partial charge on any atom is 0.245 e. The lowest BCUT2D eigenvalue weighted by molar-refractivity contribution is 0.391. The molecule has 0 fully saturated rings. The average Bonchev–Trinajstić information content (AvgIpc) is 3.21. The molecule has 1 atom stereocenters. The van der Waals surface area contributed by atoms with E-state index in [-0.39, 0.29) is 10.6 Å². The van der Waals surface area contributed by atoms with Gasteiger partial charge < -0.3 is 9.47 Å². The predicted octanol–water partition coefficient (Wildman–Crippen LogP) is 4.14. The van der Waals surface area contributed by atoms with Crippen LogP contribution in [0.15, 0.2) is 64.9 Å². The average molecular weight is 404 g/mol. The van der Waals surface area contributed by atoms with E-state index in [1.54, 1.807) is 12.1 Å². The van der Waals surface area contributed by atoms with E-state index in [4.69, 9.17) is 9.47 Å². The molecule has 0 saturated carbocycles. The fourth-order valence-corrected chi connectivity index (χ4v) is 4.98. The second-order valence-corrected chi connectivity index (χ2v) is 8.66. The zero-order valence-electron chi connectivity index (χ0n) is 15.3. The molecular formula is C20H21NO4S2. The first-order chi connectivity index (χ1) is 12.9. The summed E-state index contributed by atoms with van der Waals surface area (Å²) in [5, 5.41) is 1.93. The van der Waals surface area contributed by atoms with Crippen LogP contribution in [0.3, 0.4) is 0 Å². The van der Waals surface area contributed by atoms with Gasteiger partial charge in [-0.25, -0.2) is 8.42 Å². The molecule has 1 aromatic heterocycles. The summed E-state index contributed by atoms with van der Waals surface area (Å²) in [5.41, 5.74) is 1.98. The van der Waals surface area contributed by atoms with Crippen LogP contribution in [0.4, 0.5) is 0 Å². The van der Waals surface area contributed by atoms with Crippen LogP contribution in [0, 0.1) is 6.92 Å². The molecule has 0 aliphatic heterocycles. The van der Waals surface area contributed by atoms with Gasteiger partial charge in [0, 0.05) is 10.9 Å². The fourth-order valence-electron chi connectivity index (χ4n) is 2.72. The van der Waals surface area contributed by atoms with Crippen molar-refractivity contribution in [2.45, 2.75) is 17.9 Å². The van der Waals surface area contributed by atoms with Crippen LogP contribution >= 0.6 is 11.3 Å². The molecule has 1 N–H and O–H groups in total. The molecule has 3 aromatic rings. The third-order valence-electron chi connectivity index (χ3n) is 4.17. The number of hydrogen-bond acceptors (Lipinski definition) is 5. The number of ether oxygens (including phenoxy) is 2. The molecule has 0 aliphatic carbocycles. The molecule has 1 heterocycles. The summed E-state index contributed by atoms with van der Waals surface area (Å²) in [4.78, 5) is 0.947. The molecule has 27 heavy (non-hydrogen) atoms. The van der Waals surface area contributed by atoms with E-state index >= 15 is 0 Å². The molecule has 0 spiro atoms. The highest BCUT2D eigenvalue weighted by Gasteiger charge is 2.26. The van der Waals surface area contributed by atoms with Crippen LogP contribution in [-0.2, 0) is 10.0 Å². The third kappa shape index (κ3) is 4.32. The van der Waals surface area contributed by atoms with E-state index < -0.39 is 16.1 Å². The Bertz CT molecular complexity index is 997. The standard InChI is InChI=1S/C20H21NO4S2/c1-14-6-8-15(9-7-14)20(18-5-4-12-26-18)21-27(22,23)19-13-16(24-2)10-11-17(19)25-3/h4-13,20-21H,1-3H3/t20-/m0/s1. The lowest BCUT2D eigenvalue weighted by atomic mass is 10.0. The van der Waals surface area contributed by atoms with Gasteiger partial charge in [0.15, 0.2) is 0 Å². The van der Waals surface area contributed by atoms with Crippen molar-refractivity contribution in [1.29, 1.82) is 0 Å². The number of nitrogens with one attached hydrogen (secondary N) is 1. The Kier molecular flexibility index (Phi) is 5.84. The highest BCUT2D eigenvalue weighted by molar-refractivity contribution is 7.89. The Hall–Kier alpha value is -2.35. The molecule has 0 unspecified atom stereocenters. The number of hydrogen-bond donors (Lipinski definition) is 1. The Balaban J connectivity index is 2.04. The Morgan fingerprint density at radius 3 is 2.33 bits per heavy atom. The zero-order valence-corrected chi connectivity index (χ0v) is 16.9. The van der Waals surface area contributed by atoms with Gasteiger partial charge in [0.2, 0.25) is 10.0 Å². The molecule has 0 saturated heterocycles. The van der Waals surface area contributed by atoms with Gasteiger partial charge in [-0.1, -0.05) is 35.9 Å². The van der Waals surface area contributed by atoms with E-state index in [0.717, 1.165) is 16.0 Å². The molecule has 0 bridgehead atoms. The summed E-state index contributed by atoms with van der Waals surface area (Å²) in [6.07, 6.45) is 0. The third-order valence-corrected chi connectivity index (χ3v) is 6.55. The first-order valence-corrected chi connectivity index (χ1v) is 10.6. The lowest BCUT2D eigenvalue weighted by Gasteiger charge is -2.20. The predicted molar refractivity (Wildman–Crippen MR) is 107 cm³/mol.